The molecule has 1 aromatic carbocycles. The first kappa shape index (κ1) is 21.7. The molecule has 0 saturated carbocycles. The van der Waals surface area contributed by atoms with Crippen molar-refractivity contribution >= 4 is 42.6 Å². The molecule has 0 spiro atoms. The SMILES string of the molecule is CCc1ccc2nc(N(C[C@H]3CCCO3)C(=O)[C@@H]3CCCCN3S(C)(=O)=O)sc2c1. The summed E-state index contributed by atoms with van der Waals surface area (Å²) in [4.78, 5) is 20.1. The van der Waals surface area contributed by atoms with Gasteiger partial charge in [0.15, 0.2) is 5.13 Å². The predicted octanol–water partition coefficient (Wildman–Crippen LogP) is 3.18. The van der Waals surface area contributed by atoms with E-state index in [4.69, 9.17) is 9.72 Å². The number of amides is 1. The van der Waals surface area contributed by atoms with E-state index in [0.717, 1.165) is 42.3 Å². The van der Waals surface area contributed by atoms with Crippen molar-refractivity contribution in [3.8, 4) is 0 Å². The molecule has 0 unspecified atom stereocenters. The average Bonchev–Trinajstić information content (AvgIpc) is 3.39. The second-order valence-corrected chi connectivity index (χ2v) is 11.1. The molecule has 2 fully saturated rings. The summed E-state index contributed by atoms with van der Waals surface area (Å²) in [5, 5.41) is 0.623. The van der Waals surface area contributed by atoms with Gasteiger partial charge in [0.2, 0.25) is 15.9 Å². The normalized spacial score (nSPS) is 23.1. The summed E-state index contributed by atoms with van der Waals surface area (Å²) in [6.07, 6.45) is 6.13. The number of rotatable bonds is 6. The number of aromatic nitrogens is 1. The maximum atomic E-state index is 13.7. The minimum atomic E-state index is -3.46. The van der Waals surface area contributed by atoms with Gasteiger partial charge in [-0.2, -0.15) is 4.31 Å². The third-order valence-electron chi connectivity index (χ3n) is 5.92. The number of nitrogens with zero attached hydrogens (tertiary/aromatic N) is 3. The van der Waals surface area contributed by atoms with Crippen LogP contribution in [-0.4, -0.2) is 61.7 Å². The van der Waals surface area contributed by atoms with Crippen LogP contribution in [0.1, 0.15) is 44.6 Å². The molecule has 0 radical (unpaired) electrons. The van der Waals surface area contributed by atoms with E-state index in [1.54, 1.807) is 4.90 Å². The monoisotopic (exact) mass is 451 g/mol. The van der Waals surface area contributed by atoms with E-state index in [1.807, 2.05) is 6.07 Å². The van der Waals surface area contributed by atoms with E-state index in [0.29, 0.717) is 31.2 Å². The lowest BCUT2D eigenvalue weighted by Crippen LogP contribution is -2.54. The Labute approximate surface area is 182 Å². The van der Waals surface area contributed by atoms with E-state index < -0.39 is 16.1 Å². The minimum absolute atomic E-state index is 0.0394. The van der Waals surface area contributed by atoms with Crippen LogP contribution in [0.5, 0.6) is 0 Å². The summed E-state index contributed by atoms with van der Waals surface area (Å²) in [6.45, 7) is 3.61. The minimum Gasteiger partial charge on any atom is -0.376 e. The van der Waals surface area contributed by atoms with Gasteiger partial charge in [0.1, 0.15) is 6.04 Å². The Kier molecular flexibility index (Phi) is 6.43. The first-order valence-corrected chi connectivity index (χ1v) is 13.3. The van der Waals surface area contributed by atoms with Gasteiger partial charge in [0, 0.05) is 13.2 Å². The Morgan fingerprint density at radius 3 is 2.83 bits per heavy atom. The third kappa shape index (κ3) is 4.54. The van der Waals surface area contributed by atoms with Gasteiger partial charge < -0.3 is 4.74 Å². The Morgan fingerprint density at radius 1 is 1.30 bits per heavy atom. The van der Waals surface area contributed by atoms with Crippen LogP contribution in [0.25, 0.3) is 10.2 Å². The summed E-state index contributed by atoms with van der Waals surface area (Å²) >= 11 is 1.49. The zero-order valence-corrected chi connectivity index (χ0v) is 19.2. The number of hydrogen-bond donors (Lipinski definition) is 0. The number of thiazole rings is 1. The number of fused-ring (bicyclic) bond motifs is 1. The molecular weight excluding hydrogens is 422 g/mol. The molecule has 2 saturated heterocycles. The van der Waals surface area contributed by atoms with Crippen molar-refractivity contribution in [3.05, 3.63) is 23.8 Å². The second kappa shape index (κ2) is 8.90. The number of anilines is 1. The van der Waals surface area contributed by atoms with Gasteiger partial charge in [0.25, 0.3) is 0 Å². The van der Waals surface area contributed by atoms with Gasteiger partial charge in [0.05, 0.1) is 29.1 Å². The molecule has 0 bridgehead atoms. The highest BCUT2D eigenvalue weighted by atomic mass is 32.2. The number of hydrogen-bond acceptors (Lipinski definition) is 6. The van der Waals surface area contributed by atoms with E-state index in [2.05, 4.69) is 19.1 Å². The van der Waals surface area contributed by atoms with E-state index >= 15 is 0 Å². The first-order chi connectivity index (χ1) is 14.4. The molecule has 2 aliphatic rings. The number of carbonyl (C=O) groups excluding carboxylic acids is 1. The average molecular weight is 452 g/mol. The maximum Gasteiger partial charge on any atom is 0.247 e. The van der Waals surface area contributed by atoms with Gasteiger partial charge in [-0.25, -0.2) is 13.4 Å². The van der Waals surface area contributed by atoms with Crippen molar-refractivity contribution in [2.24, 2.45) is 0 Å². The molecule has 164 valence electrons. The van der Waals surface area contributed by atoms with Crippen LogP contribution in [-0.2, 0) is 26.0 Å². The van der Waals surface area contributed by atoms with E-state index in [9.17, 15) is 13.2 Å². The van der Waals surface area contributed by atoms with Crippen LogP contribution >= 0.6 is 11.3 Å². The number of ether oxygens (including phenoxy) is 1. The first-order valence-electron chi connectivity index (χ1n) is 10.7. The highest BCUT2D eigenvalue weighted by molar-refractivity contribution is 7.88. The molecule has 30 heavy (non-hydrogen) atoms. The molecule has 9 heteroatoms. The molecule has 2 aliphatic heterocycles. The van der Waals surface area contributed by atoms with Crippen molar-refractivity contribution < 1.29 is 17.9 Å². The second-order valence-electron chi connectivity index (χ2n) is 8.12. The fraction of sp³-hybridized carbons (Fsp3) is 0.619. The van der Waals surface area contributed by atoms with Crippen molar-refractivity contribution in [2.45, 2.75) is 57.6 Å². The Hall–Kier alpha value is -1.55. The maximum absolute atomic E-state index is 13.7. The van der Waals surface area contributed by atoms with Crippen LogP contribution < -0.4 is 4.90 Å². The van der Waals surface area contributed by atoms with Gasteiger partial charge in [-0.05, 0) is 49.8 Å². The quantitative estimate of drug-likeness (QED) is 0.674. The van der Waals surface area contributed by atoms with Crippen molar-refractivity contribution in [1.82, 2.24) is 9.29 Å². The topological polar surface area (TPSA) is 79.8 Å². The Morgan fingerprint density at radius 2 is 2.13 bits per heavy atom. The van der Waals surface area contributed by atoms with Crippen LogP contribution in [0.3, 0.4) is 0 Å². The molecule has 2 aromatic rings. The summed E-state index contributed by atoms with van der Waals surface area (Å²) in [5.41, 5.74) is 2.09. The number of carbonyl (C=O) groups is 1. The lowest BCUT2D eigenvalue weighted by atomic mass is 10.0. The third-order valence-corrected chi connectivity index (χ3v) is 8.25. The molecule has 1 amide bonds. The largest absolute Gasteiger partial charge is 0.376 e. The zero-order chi connectivity index (χ0) is 21.3. The molecular formula is C21H29N3O4S2. The Bertz CT molecular complexity index is 1010. The summed E-state index contributed by atoms with van der Waals surface area (Å²) in [7, 11) is -3.46. The van der Waals surface area contributed by atoms with Gasteiger partial charge in [-0.15, -0.1) is 0 Å². The van der Waals surface area contributed by atoms with E-state index in [-0.39, 0.29) is 12.0 Å². The lowest BCUT2D eigenvalue weighted by Gasteiger charge is -2.35. The smallest absolute Gasteiger partial charge is 0.247 e. The van der Waals surface area contributed by atoms with E-state index in [1.165, 1.54) is 27.5 Å². The molecule has 3 heterocycles. The molecule has 4 rings (SSSR count). The lowest BCUT2D eigenvalue weighted by molar-refractivity contribution is -0.123. The summed E-state index contributed by atoms with van der Waals surface area (Å²) in [6, 6.07) is 5.50. The zero-order valence-electron chi connectivity index (χ0n) is 17.5. The Balaban J connectivity index is 1.69. The standard InChI is InChI=1S/C21H29N3O4S2/c1-3-15-9-10-17-19(13-15)29-21(22-17)23(14-16-7-6-12-28-16)20(25)18-8-4-5-11-24(18)30(2,26)27/h9-10,13,16,18H,3-8,11-12,14H2,1-2H3/t16-,18+/m1/s1. The summed E-state index contributed by atoms with van der Waals surface area (Å²) < 4.78 is 32.9. The predicted molar refractivity (Wildman–Crippen MR) is 120 cm³/mol. The highest BCUT2D eigenvalue weighted by Crippen LogP contribution is 2.33. The molecule has 0 aliphatic carbocycles. The fourth-order valence-electron chi connectivity index (χ4n) is 4.28. The molecule has 0 N–H and O–H groups in total. The number of aryl methyl sites for hydroxylation is 1. The number of piperidine rings is 1. The molecule has 7 nitrogen and oxygen atoms in total. The van der Waals surface area contributed by atoms with Crippen molar-refractivity contribution in [2.75, 3.05) is 30.9 Å². The molecule has 1 aromatic heterocycles. The highest BCUT2D eigenvalue weighted by Gasteiger charge is 2.39. The van der Waals surface area contributed by atoms with Gasteiger partial charge in [-0.1, -0.05) is 30.7 Å². The van der Waals surface area contributed by atoms with Crippen LogP contribution in [0.15, 0.2) is 18.2 Å². The van der Waals surface area contributed by atoms with Crippen LogP contribution in [0.4, 0.5) is 5.13 Å². The van der Waals surface area contributed by atoms with Gasteiger partial charge in [-0.3, -0.25) is 9.69 Å². The number of benzene rings is 1. The van der Waals surface area contributed by atoms with Crippen molar-refractivity contribution in [1.29, 1.82) is 0 Å². The van der Waals surface area contributed by atoms with Gasteiger partial charge >= 0.3 is 0 Å². The van der Waals surface area contributed by atoms with Crippen LogP contribution in [0, 0.1) is 0 Å². The van der Waals surface area contributed by atoms with Crippen molar-refractivity contribution in [3.63, 3.8) is 0 Å². The number of sulfonamides is 1. The fourth-order valence-corrected chi connectivity index (χ4v) is 6.44. The molecule has 2 atom stereocenters. The summed E-state index contributed by atoms with van der Waals surface area (Å²) in [5.74, 6) is -0.189. The van der Waals surface area contributed by atoms with Crippen LogP contribution in [0.2, 0.25) is 0 Å².